The van der Waals surface area contributed by atoms with Gasteiger partial charge >= 0.3 is 0 Å². The number of carbonyl (C=O) groups excluding carboxylic acids is 1. The van der Waals surface area contributed by atoms with Gasteiger partial charge in [-0.05, 0) is 30.9 Å². The van der Waals surface area contributed by atoms with E-state index in [1.807, 2.05) is 0 Å². The number of thiazole rings is 1. The van der Waals surface area contributed by atoms with Gasteiger partial charge in [-0.25, -0.2) is 9.37 Å². The van der Waals surface area contributed by atoms with Crippen molar-refractivity contribution in [1.29, 1.82) is 0 Å². The monoisotopic (exact) mass is 320 g/mol. The molecule has 1 saturated carbocycles. The normalized spacial score (nSPS) is 15.6. The first kappa shape index (κ1) is 15.1. The fourth-order valence-corrected chi connectivity index (χ4v) is 3.14. The summed E-state index contributed by atoms with van der Waals surface area (Å²) < 4.78 is 13.8. The molecule has 0 bridgehead atoms. The Morgan fingerprint density at radius 1 is 1.50 bits per heavy atom. The van der Waals surface area contributed by atoms with Crippen molar-refractivity contribution in [3.05, 3.63) is 41.2 Å². The van der Waals surface area contributed by atoms with Gasteiger partial charge in [0.1, 0.15) is 16.5 Å². The third-order valence-electron chi connectivity index (χ3n) is 3.80. The van der Waals surface area contributed by atoms with E-state index in [4.69, 9.17) is 0 Å². The van der Waals surface area contributed by atoms with E-state index in [2.05, 4.69) is 4.98 Å². The minimum atomic E-state index is -0.473. The number of benzene rings is 1. The number of hydrogen-bond acceptors (Lipinski definition) is 4. The molecule has 1 unspecified atom stereocenters. The molecule has 1 aromatic heterocycles. The van der Waals surface area contributed by atoms with Crippen LogP contribution in [-0.4, -0.2) is 40.6 Å². The Bertz CT molecular complexity index is 684. The van der Waals surface area contributed by atoms with E-state index in [-0.39, 0.29) is 17.4 Å². The maximum absolute atomic E-state index is 13.8. The highest BCUT2D eigenvalue weighted by Crippen LogP contribution is 2.33. The van der Waals surface area contributed by atoms with Crippen LogP contribution in [0.3, 0.4) is 0 Å². The summed E-state index contributed by atoms with van der Waals surface area (Å²) in [6, 6.07) is 6.37. The van der Waals surface area contributed by atoms with Crippen LogP contribution in [0.15, 0.2) is 29.6 Å². The number of aliphatic hydroxyl groups excluding tert-OH is 1. The average Bonchev–Trinajstić information content (AvgIpc) is 3.25. The lowest BCUT2D eigenvalue weighted by atomic mass is 10.2. The molecule has 3 rings (SSSR count). The Balaban J connectivity index is 1.72. The zero-order valence-electron chi connectivity index (χ0n) is 12.2. The van der Waals surface area contributed by atoms with Gasteiger partial charge in [-0.2, -0.15) is 0 Å². The number of halogens is 1. The van der Waals surface area contributed by atoms with Crippen LogP contribution in [0.5, 0.6) is 0 Å². The van der Waals surface area contributed by atoms with Gasteiger partial charge in [0.15, 0.2) is 0 Å². The minimum absolute atomic E-state index is 0.251. The molecule has 0 saturated heterocycles. The Morgan fingerprint density at radius 2 is 2.23 bits per heavy atom. The van der Waals surface area contributed by atoms with Gasteiger partial charge in [-0.1, -0.05) is 12.1 Å². The summed E-state index contributed by atoms with van der Waals surface area (Å²) in [6.45, 7) is 0.302. The molecule has 4 nitrogen and oxygen atoms in total. The first-order chi connectivity index (χ1) is 10.6. The summed E-state index contributed by atoms with van der Waals surface area (Å²) in [7, 11) is 1.65. The van der Waals surface area contributed by atoms with Crippen LogP contribution in [0.25, 0.3) is 10.6 Å². The number of amides is 1. The molecule has 0 radical (unpaired) electrons. The number of aromatic nitrogens is 1. The van der Waals surface area contributed by atoms with E-state index in [1.165, 1.54) is 22.3 Å². The van der Waals surface area contributed by atoms with Gasteiger partial charge in [0.25, 0.3) is 5.91 Å². The lowest BCUT2D eigenvalue weighted by molar-refractivity contribution is 0.0641. The fraction of sp³-hybridized carbons (Fsp3) is 0.375. The van der Waals surface area contributed by atoms with Crippen molar-refractivity contribution in [2.75, 3.05) is 13.6 Å². The second-order valence-corrected chi connectivity index (χ2v) is 6.47. The molecule has 0 aliphatic heterocycles. The van der Waals surface area contributed by atoms with E-state index < -0.39 is 6.10 Å². The van der Waals surface area contributed by atoms with Gasteiger partial charge in [0, 0.05) is 24.5 Å². The molecule has 1 fully saturated rings. The second-order valence-electron chi connectivity index (χ2n) is 5.61. The predicted molar refractivity (Wildman–Crippen MR) is 83.2 cm³/mol. The molecular weight excluding hydrogens is 303 g/mol. The highest BCUT2D eigenvalue weighted by atomic mass is 32.1. The van der Waals surface area contributed by atoms with Gasteiger partial charge in [-0.3, -0.25) is 4.79 Å². The van der Waals surface area contributed by atoms with Crippen LogP contribution in [0, 0.1) is 11.7 Å². The Labute approximate surface area is 132 Å². The van der Waals surface area contributed by atoms with Crippen molar-refractivity contribution in [1.82, 2.24) is 9.88 Å². The van der Waals surface area contributed by atoms with E-state index in [1.54, 1.807) is 30.6 Å². The number of nitrogens with zero attached hydrogens (tertiary/aromatic N) is 2. The SMILES string of the molecule is CN(CC(O)C1CC1)C(=O)c1csc(-c2ccccc2F)n1. The summed E-state index contributed by atoms with van der Waals surface area (Å²) in [5.74, 6) is -0.286. The van der Waals surface area contributed by atoms with Crippen molar-refractivity contribution >= 4 is 17.2 Å². The fourth-order valence-electron chi connectivity index (χ4n) is 2.32. The molecule has 1 aliphatic carbocycles. The third-order valence-corrected chi connectivity index (χ3v) is 4.68. The highest BCUT2D eigenvalue weighted by molar-refractivity contribution is 7.13. The van der Waals surface area contributed by atoms with Gasteiger partial charge < -0.3 is 10.0 Å². The average molecular weight is 320 g/mol. The topological polar surface area (TPSA) is 53.4 Å². The lowest BCUT2D eigenvalue weighted by Gasteiger charge is -2.19. The quantitative estimate of drug-likeness (QED) is 0.921. The number of carbonyl (C=O) groups is 1. The van der Waals surface area contributed by atoms with Crippen molar-refractivity contribution in [3.63, 3.8) is 0 Å². The van der Waals surface area contributed by atoms with Crippen LogP contribution in [-0.2, 0) is 0 Å². The van der Waals surface area contributed by atoms with E-state index >= 15 is 0 Å². The van der Waals surface area contributed by atoms with Gasteiger partial charge in [0.2, 0.25) is 0 Å². The van der Waals surface area contributed by atoms with Crippen LogP contribution in [0.2, 0.25) is 0 Å². The number of likely N-dealkylation sites (N-methyl/N-ethyl adjacent to an activating group) is 1. The Kier molecular flexibility index (Phi) is 4.22. The van der Waals surface area contributed by atoms with Crippen LogP contribution < -0.4 is 0 Å². The summed E-state index contributed by atoms with van der Waals surface area (Å²) >= 11 is 1.24. The van der Waals surface area contributed by atoms with Crippen LogP contribution >= 0.6 is 11.3 Å². The molecular formula is C16H17FN2O2S. The zero-order chi connectivity index (χ0) is 15.7. The maximum Gasteiger partial charge on any atom is 0.273 e. The molecule has 1 atom stereocenters. The molecule has 1 aromatic carbocycles. The largest absolute Gasteiger partial charge is 0.391 e. The molecule has 22 heavy (non-hydrogen) atoms. The molecule has 1 amide bonds. The molecule has 1 aliphatic rings. The summed E-state index contributed by atoms with van der Waals surface area (Å²) in [6.07, 6.45) is 1.58. The van der Waals surface area contributed by atoms with Gasteiger partial charge in [0.05, 0.1) is 6.10 Å². The molecule has 6 heteroatoms. The Hall–Kier alpha value is -1.79. The predicted octanol–water partition coefficient (Wildman–Crippen LogP) is 2.79. The molecule has 2 aromatic rings. The molecule has 0 spiro atoms. The molecule has 1 N–H and O–H groups in total. The van der Waals surface area contributed by atoms with E-state index in [0.29, 0.717) is 23.0 Å². The maximum atomic E-state index is 13.8. The van der Waals surface area contributed by atoms with Crippen molar-refractivity contribution < 1.29 is 14.3 Å². The van der Waals surface area contributed by atoms with E-state index in [0.717, 1.165) is 12.8 Å². The van der Waals surface area contributed by atoms with Gasteiger partial charge in [-0.15, -0.1) is 11.3 Å². The number of rotatable bonds is 5. The summed E-state index contributed by atoms with van der Waals surface area (Å²) in [5.41, 5.74) is 0.681. The first-order valence-corrected chi connectivity index (χ1v) is 8.08. The highest BCUT2D eigenvalue weighted by Gasteiger charge is 2.31. The smallest absolute Gasteiger partial charge is 0.273 e. The summed E-state index contributed by atoms with van der Waals surface area (Å²) in [4.78, 5) is 18.0. The van der Waals surface area contributed by atoms with E-state index in [9.17, 15) is 14.3 Å². The van der Waals surface area contributed by atoms with Crippen LogP contribution in [0.1, 0.15) is 23.3 Å². The first-order valence-electron chi connectivity index (χ1n) is 7.20. The molecule has 116 valence electrons. The third kappa shape index (κ3) is 3.18. The second kappa shape index (κ2) is 6.14. The summed E-state index contributed by atoms with van der Waals surface area (Å²) in [5, 5.41) is 12.0. The number of hydrogen-bond donors (Lipinski definition) is 1. The van der Waals surface area contributed by atoms with Crippen molar-refractivity contribution in [2.45, 2.75) is 18.9 Å². The minimum Gasteiger partial charge on any atom is -0.391 e. The Morgan fingerprint density at radius 3 is 2.91 bits per heavy atom. The van der Waals surface area contributed by atoms with Crippen LogP contribution in [0.4, 0.5) is 4.39 Å². The zero-order valence-corrected chi connectivity index (χ0v) is 13.0. The molecule has 1 heterocycles. The van der Waals surface area contributed by atoms with Crippen molar-refractivity contribution in [2.24, 2.45) is 5.92 Å². The standard InChI is InChI=1S/C16H17FN2O2S/c1-19(8-14(20)10-6-7-10)16(21)13-9-22-15(18-13)11-4-2-3-5-12(11)17/h2-5,9-10,14,20H,6-8H2,1H3. The number of aliphatic hydroxyl groups is 1. The van der Waals surface area contributed by atoms with Crippen molar-refractivity contribution in [3.8, 4) is 10.6 Å². The lowest BCUT2D eigenvalue weighted by Crippen LogP contribution is -2.35.